The van der Waals surface area contributed by atoms with Crippen molar-refractivity contribution in [2.45, 2.75) is 38.3 Å². The van der Waals surface area contributed by atoms with Gasteiger partial charge in [0.1, 0.15) is 6.61 Å². The molecule has 1 saturated heterocycles. The molecule has 0 aliphatic carbocycles. The molecule has 0 radical (unpaired) electrons. The summed E-state index contributed by atoms with van der Waals surface area (Å²) in [4.78, 5) is 14.4. The minimum Gasteiger partial charge on any atom is -0.377 e. The maximum Gasteiger partial charge on any atom is 0.276 e. The second-order valence-electron chi connectivity index (χ2n) is 4.74. The molecule has 0 spiro atoms. The molecule has 1 aliphatic heterocycles. The SMILES string of the molecule is COCc1cc(C(=O)N2CCCCC2CCBr)no1. The lowest BCUT2D eigenvalue weighted by atomic mass is 9.99. The zero-order chi connectivity index (χ0) is 13.7. The lowest BCUT2D eigenvalue weighted by molar-refractivity contribution is 0.0599. The van der Waals surface area contributed by atoms with Crippen molar-refractivity contribution in [1.29, 1.82) is 0 Å². The Hall–Kier alpha value is -0.880. The van der Waals surface area contributed by atoms with Crippen molar-refractivity contribution in [3.8, 4) is 0 Å². The third-order valence-corrected chi connectivity index (χ3v) is 3.85. The number of alkyl halides is 1. The largest absolute Gasteiger partial charge is 0.377 e. The van der Waals surface area contributed by atoms with E-state index in [0.717, 1.165) is 31.1 Å². The molecule has 1 atom stereocenters. The van der Waals surface area contributed by atoms with Crippen LogP contribution in [0.25, 0.3) is 0 Å². The highest BCUT2D eigenvalue weighted by Crippen LogP contribution is 2.22. The van der Waals surface area contributed by atoms with Gasteiger partial charge in [-0.3, -0.25) is 4.79 Å². The molecule has 2 rings (SSSR count). The molecule has 0 N–H and O–H groups in total. The second-order valence-corrected chi connectivity index (χ2v) is 5.53. The highest BCUT2D eigenvalue weighted by molar-refractivity contribution is 9.09. The van der Waals surface area contributed by atoms with Gasteiger partial charge in [-0.05, 0) is 25.7 Å². The van der Waals surface area contributed by atoms with Crippen LogP contribution in [0.5, 0.6) is 0 Å². The summed E-state index contributed by atoms with van der Waals surface area (Å²) in [5.41, 5.74) is 0.383. The molecule has 1 amide bonds. The van der Waals surface area contributed by atoms with Crippen molar-refractivity contribution >= 4 is 21.8 Å². The van der Waals surface area contributed by atoms with E-state index in [0.29, 0.717) is 24.1 Å². The van der Waals surface area contributed by atoms with Crippen LogP contribution in [0, 0.1) is 0 Å². The summed E-state index contributed by atoms with van der Waals surface area (Å²) in [6, 6.07) is 1.98. The third-order valence-electron chi connectivity index (χ3n) is 3.39. The molecule has 0 bridgehead atoms. The Labute approximate surface area is 121 Å². The number of hydrogen-bond donors (Lipinski definition) is 0. The highest BCUT2D eigenvalue weighted by atomic mass is 79.9. The van der Waals surface area contributed by atoms with Gasteiger partial charge in [0.2, 0.25) is 0 Å². The summed E-state index contributed by atoms with van der Waals surface area (Å²) in [5.74, 6) is 0.552. The van der Waals surface area contributed by atoms with E-state index in [2.05, 4.69) is 21.1 Å². The molecule has 1 unspecified atom stereocenters. The van der Waals surface area contributed by atoms with Gasteiger partial charge in [-0.1, -0.05) is 21.1 Å². The van der Waals surface area contributed by atoms with Gasteiger partial charge in [0.15, 0.2) is 11.5 Å². The monoisotopic (exact) mass is 330 g/mol. The second kappa shape index (κ2) is 7.05. The fraction of sp³-hybridized carbons (Fsp3) is 0.692. The number of likely N-dealkylation sites (tertiary alicyclic amines) is 1. The summed E-state index contributed by atoms with van der Waals surface area (Å²) >= 11 is 3.45. The van der Waals surface area contributed by atoms with Crippen molar-refractivity contribution in [2.24, 2.45) is 0 Å². The van der Waals surface area contributed by atoms with Crippen molar-refractivity contribution < 1.29 is 14.1 Å². The number of nitrogens with zero attached hydrogens (tertiary/aromatic N) is 2. The molecule has 5 nitrogen and oxygen atoms in total. The Morgan fingerprint density at radius 2 is 2.47 bits per heavy atom. The predicted octanol–water partition coefficient (Wildman–Crippen LogP) is 2.60. The quantitative estimate of drug-likeness (QED) is 0.778. The molecular formula is C13H19BrN2O3. The molecule has 2 heterocycles. The third kappa shape index (κ3) is 3.57. The van der Waals surface area contributed by atoms with E-state index in [1.54, 1.807) is 13.2 Å². The number of methoxy groups -OCH3 is 1. The maximum absolute atomic E-state index is 12.4. The maximum atomic E-state index is 12.4. The van der Waals surface area contributed by atoms with Crippen molar-refractivity contribution in [3.63, 3.8) is 0 Å². The molecule has 0 aromatic carbocycles. The Morgan fingerprint density at radius 1 is 1.63 bits per heavy atom. The lowest BCUT2D eigenvalue weighted by Gasteiger charge is -2.35. The molecule has 106 valence electrons. The number of amides is 1. The van der Waals surface area contributed by atoms with Crippen LogP contribution in [-0.2, 0) is 11.3 Å². The Kier molecular flexibility index (Phi) is 5.39. The van der Waals surface area contributed by atoms with Crippen molar-refractivity contribution in [2.75, 3.05) is 19.0 Å². The number of halogens is 1. The van der Waals surface area contributed by atoms with E-state index in [1.807, 2.05) is 4.90 Å². The van der Waals surface area contributed by atoms with E-state index in [4.69, 9.17) is 9.26 Å². The molecule has 1 fully saturated rings. The normalized spacial score (nSPS) is 19.7. The zero-order valence-corrected chi connectivity index (χ0v) is 12.7. The molecule has 6 heteroatoms. The average molecular weight is 331 g/mol. The molecule has 1 aliphatic rings. The van der Waals surface area contributed by atoms with E-state index in [-0.39, 0.29) is 5.91 Å². The van der Waals surface area contributed by atoms with Gasteiger partial charge in [0.05, 0.1) is 0 Å². The number of carbonyl (C=O) groups is 1. The summed E-state index contributed by atoms with van der Waals surface area (Å²) in [7, 11) is 1.58. The first-order valence-electron chi connectivity index (χ1n) is 6.57. The minimum atomic E-state index is -0.0308. The fourth-order valence-corrected chi connectivity index (χ4v) is 2.99. The fourth-order valence-electron chi connectivity index (χ4n) is 2.47. The van der Waals surface area contributed by atoms with E-state index >= 15 is 0 Å². The number of piperidine rings is 1. The molecule has 19 heavy (non-hydrogen) atoms. The van der Waals surface area contributed by atoms with Crippen LogP contribution in [0.15, 0.2) is 10.6 Å². The Bertz CT molecular complexity index is 420. The summed E-state index contributed by atoms with van der Waals surface area (Å²) in [6.45, 7) is 1.15. The van der Waals surface area contributed by atoms with Crippen molar-refractivity contribution in [3.05, 3.63) is 17.5 Å². The molecule has 1 aromatic rings. The number of carbonyl (C=O) groups excluding carboxylic acids is 1. The van der Waals surface area contributed by atoms with Crippen LogP contribution in [0.4, 0.5) is 0 Å². The van der Waals surface area contributed by atoms with Gasteiger partial charge in [-0.2, -0.15) is 0 Å². The minimum absolute atomic E-state index is 0.0308. The standard InChI is InChI=1S/C13H19BrN2O3/c1-18-9-11-8-12(15-19-11)13(17)16-7-3-2-4-10(16)5-6-14/h8,10H,2-7,9H2,1H3. The Morgan fingerprint density at radius 3 is 3.21 bits per heavy atom. The Balaban J connectivity index is 2.07. The topological polar surface area (TPSA) is 55.6 Å². The van der Waals surface area contributed by atoms with E-state index in [1.165, 1.54) is 6.42 Å². The zero-order valence-electron chi connectivity index (χ0n) is 11.1. The van der Waals surface area contributed by atoms with Gasteiger partial charge in [0, 0.05) is 31.1 Å². The average Bonchev–Trinajstić information content (AvgIpc) is 2.88. The number of ether oxygens (including phenoxy) is 1. The highest BCUT2D eigenvalue weighted by Gasteiger charge is 2.28. The first-order valence-corrected chi connectivity index (χ1v) is 7.70. The summed E-state index contributed by atoms with van der Waals surface area (Å²) in [5, 5.41) is 4.76. The van der Waals surface area contributed by atoms with Crippen LogP contribution >= 0.6 is 15.9 Å². The molecule has 0 saturated carbocycles. The smallest absolute Gasteiger partial charge is 0.276 e. The van der Waals surface area contributed by atoms with Crippen LogP contribution < -0.4 is 0 Å². The van der Waals surface area contributed by atoms with E-state index < -0.39 is 0 Å². The predicted molar refractivity (Wildman–Crippen MR) is 74.3 cm³/mol. The number of hydrogen-bond acceptors (Lipinski definition) is 4. The van der Waals surface area contributed by atoms with Gasteiger partial charge in [-0.25, -0.2) is 0 Å². The van der Waals surface area contributed by atoms with Gasteiger partial charge in [-0.15, -0.1) is 0 Å². The number of aromatic nitrogens is 1. The number of rotatable bonds is 5. The first kappa shape index (κ1) is 14.5. The van der Waals surface area contributed by atoms with Crippen LogP contribution in [-0.4, -0.2) is 41.0 Å². The van der Waals surface area contributed by atoms with Crippen LogP contribution in [0.2, 0.25) is 0 Å². The van der Waals surface area contributed by atoms with Gasteiger partial charge < -0.3 is 14.2 Å². The van der Waals surface area contributed by atoms with Crippen LogP contribution in [0.3, 0.4) is 0 Å². The van der Waals surface area contributed by atoms with Crippen LogP contribution in [0.1, 0.15) is 41.9 Å². The first-order chi connectivity index (χ1) is 9.26. The summed E-state index contributed by atoms with van der Waals surface area (Å²) in [6.07, 6.45) is 4.30. The molecular weight excluding hydrogens is 312 g/mol. The lowest BCUT2D eigenvalue weighted by Crippen LogP contribution is -2.44. The van der Waals surface area contributed by atoms with Crippen molar-refractivity contribution in [1.82, 2.24) is 10.1 Å². The van der Waals surface area contributed by atoms with Gasteiger partial charge in [0.25, 0.3) is 5.91 Å². The molecule has 1 aromatic heterocycles. The van der Waals surface area contributed by atoms with E-state index in [9.17, 15) is 4.79 Å². The summed E-state index contributed by atoms with van der Waals surface area (Å²) < 4.78 is 10.0. The van der Waals surface area contributed by atoms with Gasteiger partial charge >= 0.3 is 0 Å².